The zero-order valence-corrected chi connectivity index (χ0v) is 9.12. The van der Waals surface area contributed by atoms with Gasteiger partial charge in [0, 0.05) is 9.77 Å². The quantitative estimate of drug-likeness (QED) is 0.853. The summed E-state index contributed by atoms with van der Waals surface area (Å²) in [6.07, 6.45) is -1.39. The molecular formula is C8H6F2IN3. The molecule has 0 bridgehead atoms. The van der Waals surface area contributed by atoms with Crippen molar-refractivity contribution >= 4 is 28.4 Å². The van der Waals surface area contributed by atoms with Crippen molar-refractivity contribution in [2.75, 3.05) is 5.73 Å². The Kier molecular flexibility index (Phi) is 3.57. The number of nitrogen functional groups attached to an aromatic ring is 1. The molecule has 1 aromatic rings. The van der Waals surface area contributed by atoms with Gasteiger partial charge in [0.05, 0.1) is 18.1 Å². The van der Waals surface area contributed by atoms with Gasteiger partial charge >= 0.3 is 0 Å². The third kappa shape index (κ3) is 2.09. The lowest BCUT2D eigenvalue weighted by atomic mass is 10.1. The zero-order valence-electron chi connectivity index (χ0n) is 6.97. The van der Waals surface area contributed by atoms with Gasteiger partial charge in [-0.3, -0.25) is 0 Å². The van der Waals surface area contributed by atoms with E-state index < -0.39 is 6.43 Å². The van der Waals surface area contributed by atoms with Crippen molar-refractivity contribution in [2.45, 2.75) is 12.8 Å². The van der Waals surface area contributed by atoms with Crippen molar-refractivity contribution in [1.82, 2.24) is 4.98 Å². The van der Waals surface area contributed by atoms with Crippen LogP contribution in [0.4, 0.5) is 14.6 Å². The number of aromatic nitrogens is 1. The SMILES string of the molecule is N#CCc1c(I)cnc(N)c1C(F)F. The first-order chi connectivity index (χ1) is 6.57. The first-order valence-electron chi connectivity index (χ1n) is 3.65. The van der Waals surface area contributed by atoms with Crippen molar-refractivity contribution in [3.63, 3.8) is 0 Å². The average molecular weight is 309 g/mol. The Hall–Kier alpha value is -0.970. The Morgan fingerprint density at radius 3 is 2.79 bits per heavy atom. The Labute approximate surface area is 93.1 Å². The highest BCUT2D eigenvalue weighted by Gasteiger charge is 2.19. The second-order valence-electron chi connectivity index (χ2n) is 2.52. The molecule has 0 saturated heterocycles. The molecule has 0 unspecified atom stereocenters. The van der Waals surface area contributed by atoms with Crippen LogP contribution in [0.25, 0.3) is 0 Å². The molecule has 0 aromatic carbocycles. The fourth-order valence-electron chi connectivity index (χ4n) is 1.06. The maximum atomic E-state index is 12.6. The number of hydrogen-bond acceptors (Lipinski definition) is 3. The van der Waals surface area contributed by atoms with Crippen molar-refractivity contribution in [1.29, 1.82) is 5.26 Å². The van der Waals surface area contributed by atoms with E-state index in [2.05, 4.69) is 4.98 Å². The molecule has 0 aliphatic rings. The third-order valence-electron chi connectivity index (χ3n) is 1.68. The number of nitrogens with zero attached hydrogens (tertiary/aromatic N) is 2. The van der Waals surface area contributed by atoms with E-state index in [4.69, 9.17) is 11.0 Å². The summed E-state index contributed by atoms with van der Waals surface area (Å²) in [7, 11) is 0. The number of rotatable bonds is 2. The molecule has 0 aliphatic heterocycles. The van der Waals surface area contributed by atoms with Crippen molar-refractivity contribution < 1.29 is 8.78 Å². The van der Waals surface area contributed by atoms with Crippen LogP contribution in [0.1, 0.15) is 17.6 Å². The maximum absolute atomic E-state index is 12.6. The molecule has 0 aliphatic carbocycles. The van der Waals surface area contributed by atoms with Crippen molar-refractivity contribution in [3.8, 4) is 6.07 Å². The molecular weight excluding hydrogens is 303 g/mol. The normalized spacial score (nSPS) is 10.2. The Morgan fingerprint density at radius 2 is 2.29 bits per heavy atom. The average Bonchev–Trinajstić information content (AvgIpc) is 2.11. The topological polar surface area (TPSA) is 62.7 Å². The number of anilines is 1. The predicted molar refractivity (Wildman–Crippen MR) is 55.6 cm³/mol. The van der Waals surface area contributed by atoms with E-state index in [-0.39, 0.29) is 23.4 Å². The molecule has 0 atom stereocenters. The first kappa shape index (κ1) is 11.1. The lowest BCUT2D eigenvalue weighted by Crippen LogP contribution is -2.05. The van der Waals surface area contributed by atoms with Crippen molar-refractivity contribution in [2.24, 2.45) is 0 Å². The van der Waals surface area contributed by atoms with Gasteiger partial charge in [0.25, 0.3) is 6.43 Å². The molecule has 0 radical (unpaired) electrons. The van der Waals surface area contributed by atoms with Crippen LogP contribution in [-0.2, 0) is 6.42 Å². The zero-order chi connectivity index (χ0) is 10.7. The lowest BCUT2D eigenvalue weighted by molar-refractivity contribution is 0.151. The fourth-order valence-corrected chi connectivity index (χ4v) is 1.68. The van der Waals surface area contributed by atoms with Gasteiger partial charge in [-0.1, -0.05) is 0 Å². The molecule has 14 heavy (non-hydrogen) atoms. The van der Waals surface area contributed by atoms with Gasteiger partial charge in [-0.05, 0) is 28.2 Å². The molecule has 2 N–H and O–H groups in total. The van der Waals surface area contributed by atoms with Crippen LogP contribution in [0.3, 0.4) is 0 Å². The molecule has 0 amide bonds. The van der Waals surface area contributed by atoms with E-state index in [1.54, 1.807) is 0 Å². The second-order valence-corrected chi connectivity index (χ2v) is 3.68. The van der Waals surface area contributed by atoms with E-state index >= 15 is 0 Å². The lowest BCUT2D eigenvalue weighted by Gasteiger charge is -2.09. The molecule has 0 fully saturated rings. The van der Waals surface area contributed by atoms with E-state index in [0.29, 0.717) is 3.57 Å². The number of nitrogens with two attached hydrogens (primary N) is 1. The Bertz CT molecular complexity index is 387. The number of hydrogen-bond donors (Lipinski definition) is 1. The minimum atomic E-state index is -2.69. The van der Waals surface area contributed by atoms with E-state index in [0.717, 1.165) is 0 Å². The molecule has 1 rings (SSSR count). The highest BCUT2D eigenvalue weighted by atomic mass is 127. The van der Waals surface area contributed by atoms with Crippen LogP contribution in [0.2, 0.25) is 0 Å². The molecule has 1 aromatic heterocycles. The van der Waals surface area contributed by atoms with Gasteiger partial charge in [0.1, 0.15) is 5.82 Å². The Morgan fingerprint density at radius 1 is 1.64 bits per heavy atom. The standard InChI is InChI=1S/C8H6F2IN3/c9-7(10)6-4(1-2-12)5(11)3-14-8(6)13/h3,7H,1H2,(H2,13,14). The van der Waals surface area contributed by atoms with Gasteiger partial charge < -0.3 is 5.73 Å². The summed E-state index contributed by atoms with van der Waals surface area (Å²) < 4.78 is 25.7. The minimum absolute atomic E-state index is 0.0787. The van der Waals surface area contributed by atoms with Crippen LogP contribution in [0.15, 0.2) is 6.20 Å². The third-order valence-corrected chi connectivity index (χ3v) is 2.61. The molecule has 6 heteroatoms. The van der Waals surface area contributed by atoms with Gasteiger partial charge in [0.15, 0.2) is 0 Å². The largest absolute Gasteiger partial charge is 0.383 e. The molecule has 74 valence electrons. The monoisotopic (exact) mass is 309 g/mol. The molecule has 0 spiro atoms. The van der Waals surface area contributed by atoms with Gasteiger partial charge in [0.2, 0.25) is 0 Å². The summed E-state index contributed by atoms with van der Waals surface area (Å²) in [4.78, 5) is 3.62. The number of nitriles is 1. The van der Waals surface area contributed by atoms with Gasteiger partial charge in [-0.2, -0.15) is 5.26 Å². The van der Waals surface area contributed by atoms with E-state index in [1.807, 2.05) is 28.7 Å². The summed E-state index contributed by atoms with van der Waals surface area (Å²) in [5, 5.41) is 8.48. The predicted octanol–water partition coefficient (Wildman–Crippen LogP) is 2.27. The number of halogens is 3. The Balaban J connectivity index is 3.35. The van der Waals surface area contributed by atoms with Crippen LogP contribution in [-0.4, -0.2) is 4.98 Å². The summed E-state index contributed by atoms with van der Waals surface area (Å²) >= 11 is 1.86. The van der Waals surface area contributed by atoms with E-state index in [9.17, 15) is 8.78 Å². The minimum Gasteiger partial charge on any atom is -0.383 e. The second kappa shape index (κ2) is 4.50. The van der Waals surface area contributed by atoms with Crippen LogP contribution in [0, 0.1) is 14.9 Å². The highest BCUT2D eigenvalue weighted by molar-refractivity contribution is 14.1. The van der Waals surface area contributed by atoms with Gasteiger partial charge in [-0.15, -0.1) is 0 Å². The maximum Gasteiger partial charge on any atom is 0.267 e. The van der Waals surface area contributed by atoms with Crippen LogP contribution >= 0.6 is 22.6 Å². The molecule has 0 saturated carbocycles. The highest BCUT2D eigenvalue weighted by Crippen LogP contribution is 2.30. The number of alkyl halides is 2. The number of pyridine rings is 1. The fraction of sp³-hybridized carbons (Fsp3) is 0.250. The van der Waals surface area contributed by atoms with E-state index in [1.165, 1.54) is 6.20 Å². The molecule has 3 nitrogen and oxygen atoms in total. The summed E-state index contributed by atoms with van der Waals surface area (Å²) in [5.74, 6) is -0.203. The smallest absolute Gasteiger partial charge is 0.267 e. The van der Waals surface area contributed by atoms with Gasteiger partial charge in [-0.25, -0.2) is 13.8 Å². The summed E-state index contributed by atoms with van der Waals surface area (Å²) in [6.45, 7) is 0. The van der Waals surface area contributed by atoms with Crippen LogP contribution < -0.4 is 5.73 Å². The molecule has 1 heterocycles. The van der Waals surface area contributed by atoms with Crippen LogP contribution in [0.5, 0.6) is 0 Å². The summed E-state index contributed by atoms with van der Waals surface area (Å²) in [6, 6.07) is 1.83. The first-order valence-corrected chi connectivity index (χ1v) is 4.73. The van der Waals surface area contributed by atoms with Crippen molar-refractivity contribution in [3.05, 3.63) is 20.9 Å². The summed E-state index contributed by atoms with van der Waals surface area (Å²) in [5.41, 5.74) is 5.27.